The molecule has 1 aromatic rings. The molecule has 1 amide bonds. The molecule has 0 saturated heterocycles. The van der Waals surface area contributed by atoms with E-state index in [-0.39, 0.29) is 5.75 Å². The Morgan fingerprint density at radius 3 is 2.95 bits per heavy atom. The Bertz CT molecular complexity index is 582. The fourth-order valence-corrected chi connectivity index (χ4v) is 3.94. The normalized spacial score (nSPS) is 15.9. The van der Waals surface area contributed by atoms with Crippen LogP contribution < -0.4 is 5.32 Å². The van der Waals surface area contributed by atoms with Gasteiger partial charge in [-0.1, -0.05) is 11.3 Å². The van der Waals surface area contributed by atoms with Crippen LogP contribution in [0.3, 0.4) is 0 Å². The molecule has 2 heterocycles. The van der Waals surface area contributed by atoms with Crippen molar-refractivity contribution in [2.45, 2.75) is 19.9 Å². The average Bonchev–Trinajstić information content (AvgIpc) is 2.79. The molecule has 0 atom stereocenters. The van der Waals surface area contributed by atoms with E-state index in [1.54, 1.807) is 6.92 Å². The van der Waals surface area contributed by atoms with Gasteiger partial charge in [-0.3, -0.25) is 5.32 Å². The number of nitrogens with one attached hydrogen (secondary N) is 1. The third-order valence-corrected chi connectivity index (χ3v) is 5.67. The third kappa shape index (κ3) is 3.04. The van der Waals surface area contributed by atoms with Crippen LogP contribution in [0.25, 0.3) is 0 Å². The molecule has 1 aliphatic rings. The fourth-order valence-electron chi connectivity index (χ4n) is 1.78. The van der Waals surface area contributed by atoms with Gasteiger partial charge in [-0.15, -0.1) is 0 Å². The lowest BCUT2D eigenvalue weighted by Crippen LogP contribution is -2.36. The van der Waals surface area contributed by atoms with Crippen LogP contribution in [0.2, 0.25) is 0 Å². The molecular formula is C10H15N3O4S2. The number of nitrogens with zero attached hydrogens (tertiary/aromatic N) is 2. The number of hydrogen-bond donors (Lipinski definition) is 1. The van der Waals surface area contributed by atoms with Crippen LogP contribution in [0, 0.1) is 0 Å². The number of carbonyl (C=O) groups excluding carboxylic acids is 1. The van der Waals surface area contributed by atoms with Crippen molar-refractivity contribution in [2.75, 3.05) is 24.7 Å². The van der Waals surface area contributed by atoms with Gasteiger partial charge in [0.25, 0.3) is 0 Å². The van der Waals surface area contributed by atoms with Crippen molar-refractivity contribution in [1.29, 1.82) is 0 Å². The van der Waals surface area contributed by atoms with E-state index in [9.17, 15) is 13.2 Å². The van der Waals surface area contributed by atoms with Gasteiger partial charge in [0.2, 0.25) is 10.0 Å². The van der Waals surface area contributed by atoms with Gasteiger partial charge < -0.3 is 4.74 Å². The maximum absolute atomic E-state index is 11.8. The van der Waals surface area contributed by atoms with Gasteiger partial charge in [0.1, 0.15) is 0 Å². The molecule has 0 bridgehead atoms. The number of rotatable bonds is 3. The minimum absolute atomic E-state index is 0.0917. The molecule has 1 N–H and O–H groups in total. The molecule has 0 saturated carbocycles. The largest absolute Gasteiger partial charge is 0.453 e. The SMILES string of the molecule is CCS(=O)(=O)N1CCc2nc(NC(=O)OC)sc2C1. The Morgan fingerprint density at radius 2 is 2.32 bits per heavy atom. The van der Waals surface area contributed by atoms with E-state index in [0.717, 1.165) is 10.6 Å². The molecule has 106 valence electrons. The van der Waals surface area contributed by atoms with Crippen molar-refractivity contribution >= 4 is 32.6 Å². The zero-order chi connectivity index (χ0) is 14.0. The van der Waals surface area contributed by atoms with E-state index < -0.39 is 16.1 Å². The lowest BCUT2D eigenvalue weighted by molar-refractivity contribution is 0.187. The first-order chi connectivity index (χ1) is 8.96. The third-order valence-electron chi connectivity index (χ3n) is 2.85. The van der Waals surface area contributed by atoms with Crippen molar-refractivity contribution < 1.29 is 17.9 Å². The first kappa shape index (κ1) is 14.2. The smallest absolute Gasteiger partial charge is 0.413 e. The number of thiazole rings is 1. The Kier molecular flexibility index (Phi) is 4.07. The quantitative estimate of drug-likeness (QED) is 0.901. The van der Waals surface area contributed by atoms with Crippen LogP contribution in [0.5, 0.6) is 0 Å². The zero-order valence-electron chi connectivity index (χ0n) is 10.7. The lowest BCUT2D eigenvalue weighted by Gasteiger charge is -2.24. The second kappa shape index (κ2) is 5.43. The highest BCUT2D eigenvalue weighted by Gasteiger charge is 2.28. The van der Waals surface area contributed by atoms with Gasteiger partial charge >= 0.3 is 6.09 Å². The first-order valence-electron chi connectivity index (χ1n) is 5.77. The molecule has 19 heavy (non-hydrogen) atoms. The Hall–Kier alpha value is -1.19. The van der Waals surface area contributed by atoms with Crippen LogP contribution in [0.1, 0.15) is 17.5 Å². The molecule has 9 heteroatoms. The van der Waals surface area contributed by atoms with Gasteiger partial charge in [0.15, 0.2) is 5.13 Å². The number of hydrogen-bond acceptors (Lipinski definition) is 6. The van der Waals surface area contributed by atoms with E-state index in [1.807, 2.05) is 0 Å². The summed E-state index contributed by atoms with van der Waals surface area (Å²) in [7, 11) is -1.91. The fraction of sp³-hybridized carbons (Fsp3) is 0.600. The van der Waals surface area contributed by atoms with Gasteiger partial charge in [-0.05, 0) is 6.92 Å². The van der Waals surface area contributed by atoms with Gasteiger partial charge in [0, 0.05) is 24.4 Å². The molecule has 0 radical (unpaired) electrons. The number of amides is 1. The molecule has 0 aromatic carbocycles. The summed E-state index contributed by atoms with van der Waals surface area (Å²) >= 11 is 1.28. The number of anilines is 1. The Balaban J connectivity index is 2.15. The van der Waals surface area contributed by atoms with Crippen molar-refractivity contribution in [1.82, 2.24) is 9.29 Å². The second-order valence-electron chi connectivity index (χ2n) is 3.99. The van der Waals surface area contributed by atoms with Crippen LogP contribution in [0.4, 0.5) is 9.93 Å². The molecule has 1 aromatic heterocycles. The molecule has 1 aliphatic heterocycles. The van der Waals surface area contributed by atoms with E-state index in [1.165, 1.54) is 22.8 Å². The van der Waals surface area contributed by atoms with E-state index in [0.29, 0.717) is 24.6 Å². The summed E-state index contributed by atoms with van der Waals surface area (Å²) in [6.07, 6.45) is -0.0161. The molecule has 0 fully saturated rings. The standard InChI is InChI=1S/C10H15N3O4S2/c1-3-19(15,16)13-5-4-7-8(6-13)18-9(11-7)12-10(14)17-2/h3-6H2,1-2H3,(H,11,12,14). The van der Waals surface area contributed by atoms with E-state index in [2.05, 4.69) is 15.0 Å². The number of carbonyl (C=O) groups is 1. The molecule has 7 nitrogen and oxygen atoms in total. The van der Waals surface area contributed by atoms with Crippen molar-refractivity contribution in [2.24, 2.45) is 0 Å². The summed E-state index contributed by atoms with van der Waals surface area (Å²) in [5.41, 5.74) is 0.846. The van der Waals surface area contributed by atoms with Crippen molar-refractivity contribution in [3.63, 3.8) is 0 Å². The summed E-state index contributed by atoms with van der Waals surface area (Å²) in [5.74, 6) is 0.0917. The summed E-state index contributed by atoms with van der Waals surface area (Å²) in [4.78, 5) is 16.2. The number of methoxy groups -OCH3 is 1. The zero-order valence-corrected chi connectivity index (χ0v) is 12.3. The highest BCUT2D eigenvalue weighted by Crippen LogP contribution is 2.29. The van der Waals surface area contributed by atoms with Crippen LogP contribution >= 0.6 is 11.3 Å². The molecular weight excluding hydrogens is 290 g/mol. The minimum atomic E-state index is -3.18. The van der Waals surface area contributed by atoms with Crippen LogP contribution in [-0.4, -0.2) is 43.2 Å². The summed E-state index contributed by atoms with van der Waals surface area (Å²) in [5, 5.41) is 2.93. The maximum atomic E-state index is 11.8. The highest BCUT2D eigenvalue weighted by molar-refractivity contribution is 7.89. The minimum Gasteiger partial charge on any atom is -0.453 e. The Labute approximate surface area is 115 Å². The van der Waals surface area contributed by atoms with Gasteiger partial charge in [-0.25, -0.2) is 18.2 Å². The summed E-state index contributed by atoms with van der Waals surface area (Å²) < 4.78 is 29.6. The maximum Gasteiger partial charge on any atom is 0.413 e. The second-order valence-corrected chi connectivity index (χ2v) is 7.33. The molecule has 0 unspecified atom stereocenters. The van der Waals surface area contributed by atoms with Crippen molar-refractivity contribution in [3.8, 4) is 0 Å². The monoisotopic (exact) mass is 305 g/mol. The van der Waals surface area contributed by atoms with Crippen molar-refractivity contribution in [3.05, 3.63) is 10.6 Å². The van der Waals surface area contributed by atoms with E-state index in [4.69, 9.17) is 0 Å². The van der Waals surface area contributed by atoms with E-state index >= 15 is 0 Å². The molecule has 0 aliphatic carbocycles. The Morgan fingerprint density at radius 1 is 1.58 bits per heavy atom. The highest BCUT2D eigenvalue weighted by atomic mass is 32.2. The predicted molar refractivity (Wildman–Crippen MR) is 71.7 cm³/mol. The lowest BCUT2D eigenvalue weighted by atomic mass is 10.2. The molecule has 0 spiro atoms. The topological polar surface area (TPSA) is 88.6 Å². The predicted octanol–water partition coefficient (Wildman–Crippen LogP) is 1.03. The molecule has 2 rings (SSSR count). The summed E-state index contributed by atoms with van der Waals surface area (Å²) in [6, 6.07) is 0. The average molecular weight is 305 g/mol. The number of sulfonamides is 1. The number of aromatic nitrogens is 1. The first-order valence-corrected chi connectivity index (χ1v) is 8.20. The summed E-state index contributed by atoms with van der Waals surface area (Å²) in [6.45, 7) is 2.39. The van der Waals surface area contributed by atoms with Crippen LogP contribution in [-0.2, 0) is 27.7 Å². The van der Waals surface area contributed by atoms with Gasteiger partial charge in [-0.2, -0.15) is 4.31 Å². The van der Waals surface area contributed by atoms with Crippen LogP contribution in [0.15, 0.2) is 0 Å². The van der Waals surface area contributed by atoms with Gasteiger partial charge in [0.05, 0.1) is 18.6 Å². The number of ether oxygens (including phenoxy) is 1. The number of fused-ring (bicyclic) bond motifs is 1.